The Hall–Kier alpha value is -0.890. The summed E-state index contributed by atoms with van der Waals surface area (Å²) >= 11 is 6.23. The van der Waals surface area contributed by atoms with Crippen molar-refractivity contribution in [2.45, 2.75) is 64.7 Å². The molecule has 1 aromatic carbocycles. The van der Waals surface area contributed by atoms with Gasteiger partial charge in [0.2, 0.25) is 0 Å². The van der Waals surface area contributed by atoms with E-state index in [0.29, 0.717) is 6.61 Å². The molecule has 120 valence electrons. The van der Waals surface area contributed by atoms with E-state index in [0.717, 1.165) is 37.4 Å². The number of halogens is 1. The van der Waals surface area contributed by atoms with E-state index in [1.165, 1.54) is 24.8 Å². The van der Waals surface area contributed by atoms with Crippen LogP contribution in [-0.4, -0.2) is 18.6 Å². The molecule has 0 heterocycles. The molecule has 1 atom stereocenters. The summed E-state index contributed by atoms with van der Waals surface area (Å²) in [5.74, 6) is 1.69. The Kier molecular flexibility index (Phi) is 9.32. The summed E-state index contributed by atoms with van der Waals surface area (Å²) in [5.41, 5.74) is 1.21. The lowest BCUT2D eigenvalue weighted by atomic mass is 10.1. The molecule has 0 saturated heterocycles. The fourth-order valence-electron chi connectivity index (χ4n) is 2.18. The minimum absolute atomic E-state index is 0.181. The van der Waals surface area contributed by atoms with Crippen molar-refractivity contribution < 1.29 is 9.47 Å². The molecule has 1 unspecified atom stereocenters. The average molecular weight is 313 g/mol. The second kappa shape index (κ2) is 10.8. The number of hydrogen-bond acceptors (Lipinski definition) is 2. The predicted molar refractivity (Wildman–Crippen MR) is 90.9 cm³/mol. The van der Waals surface area contributed by atoms with E-state index in [4.69, 9.17) is 21.1 Å². The van der Waals surface area contributed by atoms with Crippen LogP contribution >= 0.6 is 11.6 Å². The molecule has 0 aliphatic heterocycles. The zero-order valence-electron chi connectivity index (χ0n) is 13.7. The van der Waals surface area contributed by atoms with Gasteiger partial charge in [-0.15, -0.1) is 11.6 Å². The zero-order valence-corrected chi connectivity index (χ0v) is 14.4. The first-order valence-corrected chi connectivity index (χ1v) is 8.67. The van der Waals surface area contributed by atoms with E-state index >= 15 is 0 Å². The van der Waals surface area contributed by atoms with Gasteiger partial charge in [0.1, 0.15) is 0 Å². The highest BCUT2D eigenvalue weighted by atomic mass is 35.5. The largest absolute Gasteiger partial charge is 0.490 e. The molecule has 0 aromatic heterocycles. The molecule has 21 heavy (non-hydrogen) atoms. The van der Waals surface area contributed by atoms with Gasteiger partial charge in [-0.2, -0.15) is 0 Å². The normalized spacial score (nSPS) is 12.2. The summed E-state index contributed by atoms with van der Waals surface area (Å²) in [6.07, 6.45) is 6.69. The van der Waals surface area contributed by atoms with Crippen LogP contribution in [0.15, 0.2) is 18.2 Å². The van der Waals surface area contributed by atoms with Gasteiger partial charge in [-0.1, -0.05) is 39.2 Å². The Labute approximate surface area is 134 Å². The summed E-state index contributed by atoms with van der Waals surface area (Å²) in [6, 6.07) is 6.17. The van der Waals surface area contributed by atoms with E-state index in [2.05, 4.69) is 26.0 Å². The highest BCUT2D eigenvalue weighted by Crippen LogP contribution is 2.29. The van der Waals surface area contributed by atoms with Gasteiger partial charge in [0.15, 0.2) is 11.5 Å². The van der Waals surface area contributed by atoms with Crippen LogP contribution in [0.25, 0.3) is 0 Å². The van der Waals surface area contributed by atoms with Crippen molar-refractivity contribution in [1.82, 2.24) is 0 Å². The maximum absolute atomic E-state index is 6.23. The summed E-state index contributed by atoms with van der Waals surface area (Å²) in [7, 11) is 0. The zero-order chi connectivity index (χ0) is 15.5. The molecule has 0 spiro atoms. The standard InChI is InChI=1S/C18H29ClO2/c1-4-7-8-9-12-21-17-11-10-15(13-16(19)5-2)14-18(17)20-6-3/h10-11,14,16H,4-9,12-13H2,1-3H3. The quantitative estimate of drug-likeness (QED) is 0.391. The molecular formula is C18H29ClO2. The SMILES string of the molecule is CCCCCCOc1ccc(CC(Cl)CC)cc1OCC. The van der Waals surface area contributed by atoms with Gasteiger partial charge < -0.3 is 9.47 Å². The third-order valence-electron chi connectivity index (χ3n) is 3.46. The first-order valence-electron chi connectivity index (χ1n) is 8.23. The second-order valence-corrected chi connectivity index (χ2v) is 5.95. The molecule has 1 aromatic rings. The van der Waals surface area contributed by atoms with E-state index in [1.807, 2.05) is 13.0 Å². The first kappa shape index (κ1) is 18.2. The average Bonchev–Trinajstić information content (AvgIpc) is 2.49. The molecule has 0 aliphatic carbocycles. The number of rotatable bonds is 11. The van der Waals surface area contributed by atoms with Crippen molar-refractivity contribution in [2.24, 2.45) is 0 Å². The summed E-state index contributed by atoms with van der Waals surface area (Å²) < 4.78 is 11.6. The van der Waals surface area contributed by atoms with Gasteiger partial charge in [-0.25, -0.2) is 0 Å². The van der Waals surface area contributed by atoms with Crippen molar-refractivity contribution in [3.63, 3.8) is 0 Å². The molecule has 0 bridgehead atoms. The minimum atomic E-state index is 0.181. The van der Waals surface area contributed by atoms with E-state index < -0.39 is 0 Å². The number of ether oxygens (including phenoxy) is 2. The van der Waals surface area contributed by atoms with Crippen LogP contribution in [0.5, 0.6) is 11.5 Å². The number of benzene rings is 1. The summed E-state index contributed by atoms with van der Waals surface area (Å²) in [6.45, 7) is 7.72. The molecule has 3 heteroatoms. The van der Waals surface area contributed by atoms with Gasteiger partial charge in [-0.3, -0.25) is 0 Å². The molecular weight excluding hydrogens is 284 g/mol. The second-order valence-electron chi connectivity index (χ2n) is 5.33. The summed E-state index contributed by atoms with van der Waals surface area (Å²) in [4.78, 5) is 0. The third-order valence-corrected chi connectivity index (χ3v) is 3.93. The Bertz CT molecular complexity index is 393. The molecule has 2 nitrogen and oxygen atoms in total. The van der Waals surface area contributed by atoms with Crippen molar-refractivity contribution >= 4 is 11.6 Å². The maximum Gasteiger partial charge on any atom is 0.161 e. The molecule has 0 fully saturated rings. The van der Waals surface area contributed by atoms with Crippen molar-refractivity contribution in [1.29, 1.82) is 0 Å². The third kappa shape index (κ3) is 7.08. The summed E-state index contributed by atoms with van der Waals surface area (Å²) in [5, 5.41) is 0.181. The monoisotopic (exact) mass is 312 g/mol. The Morgan fingerprint density at radius 2 is 1.81 bits per heavy atom. The van der Waals surface area contributed by atoms with E-state index in [1.54, 1.807) is 0 Å². The fourth-order valence-corrected chi connectivity index (χ4v) is 2.36. The van der Waals surface area contributed by atoms with E-state index in [9.17, 15) is 0 Å². The number of unbranched alkanes of at least 4 members (excludes halogenated alkanes) is 3. The van der Waals surface area contributed by atoms with Gasteiger partial charge in [0.05, 0.1) is 13.2 Å². The van der Waals surface area contributed by atoms with Gasteiger partial charge in [0, 0.05) is 5.38 Å². The Morgan fingerprint density at radius 3 is 2.48 bits per heavy atom. The lowest BCUT2D eigenvalue weighted by Gasteiger charge is -2.14. The number of hydrogen-bond donors (Lipinski definition) is 0. The van der Waals surface area contributed by atoms with Crippen LogP contribution < -0.4 is 9.47 Å². The fraction of sp³-hybridized carbons (Fsp3) is 0.667. The molecule has 0 saturated carbocycles. The smallest absolute Gasteiger partial charge is 0.161 e. The van der Waals surface area contributed by atoms with Crippen LogP contribution in [0.2, 0.25) is 0 Å². The lowest BCUT2D eigenvalue weighted by Crippen LogP contribution is -2.04. The lowest BCUT2D eigenvalue weighted by molar-refractivity contribution is 0.270. The molecule has 0 N–H and O–H groups in total. The molecule has 0 aliphatic rings. The van der Waals surface area contributed by atoms with Crippen LogP contribution in [0, 0.1) is 0 Å². The van der Waals surface area contributed by atoms with Crippen LogP contribution in [0.3, 0.4) is 0 Å². The first-order chi connectivity index (χ1) is 10.2. The predicted octanol–water partition coefficient (Wildman–Crippen LogP) is 5.60. The van der Waals surface area contributed by atoms with Gasteiger partial charge in [-0.05, 0) is 43.9 Å². The minimum Gasteiger partial charge on any atom is -0.490 e. The molecule has 1 rings (SSSR count). The van der Waals surface area contributed by atoms with Crippen LogP contribution in [0.4, 0.5) is 0 Å². The van der Waals surface area contributed by atoms with Crippen molar-refractivity contribution in [3.05, 3.63) is 23.8 Å². The van der Waals surface area contributed by atoms with Crippen LogP contribution in [0.1, 0.15) is 58.4 Å². The highest BCUT2D eigenvalue weighted by molar-refractivity contribution is 6.20. The van der Waals surface area contributed by atoms with E-state index in [-0.39, 0.29) is 5.38 Å². The van der Waals surface area contributed by atoms with Crippen molar-refractivity contribution in [2.75, 3.05) is 13.2 Å². The maximum atomic E-state index is 6.23. The number of alkyl halides is 1. The Morgan fingerprint density at radius 1 is 1.00 bits per heavy atom. The van der Waals surface area contributed by atoms with Crippen molar-refractivity contribution in [3.8, 4) is 11.5 Å². The molecule has 0 amide bonds. The molecule has 0 radical (unpaired) electrons. The Balaban J connectivity index is 2.61. The van der Waals surface area contributed by atoms with Crippen LogP contribution in [-0.2, 0) is 6.42 Å². The van der Waals surface area contributed by atoms with Gasteiger partial charge >= 0.3 is 0 Å². The topological polar surface area (TPSA) is 18.5 Å². The van der Waals surface area contributed by atoms with Gasteiger partial charge in [0.25, 0.3) is 0 Å². The highest BCUT2D eigenvalue weighted by Gasteiger charge is 2.09.